The van der Waals surface area contributed by atoms with Crippen molar-refractivity contribution in [2.75, 3.05) is 44.2 Å². The molecule has 0 spiro atoms. The van der Waals surface area contributed by atoms with Crippen LogP contribution in [0.15, 0.2) is 35.8 Å². The molecule has 1 aromatic heterocycles. The Balaban J connectivity index is 0.00000300. The molecule has 1 aromatic carbocycles. The number of aryl methyl sites for hydroxylation is 2. The number of unbranched alkanes of at least 4 members (excludes halogenated alkanes) is 1. The molecule has 0 bridgehead atoms. The van der Waals surface area contributed by atoms with E-state index in [-0.39, 0.29) is 24.0 Å². The molecule has 0 atom stereocenters. The van der Waals surface area contributed by atoms with E-state index in [1.807, 2.05) is 4.57 Å². The molecular formula is C21H34IN7. The predicted molar refractivity (Wildman–Crippen MR) is 130 cm³/mol. The standard InChI is InChI=1S/C21H33N7.HI/c1-4-22-21(23-10-5-6-11-26-16-24-25-17-26)28-14-12-27(13-15-28)20-9-7-8-18(2)19(20)3;/h7-9,16-17H,4-6,10-15H2,1-3H3,(H,22,23);1H. The molecule has 0 unspecified atom stereocenters. The molecule has 1 saturated heterocycles. The molecule has 7 nitrogen and oxygen atoms in total. The van der Waals surface area contributed by atoms with Crippen LogP contribution in [0.2, 0.25) is 0 Å². The Bertz CT molecular complexity index is 752. The second-order valence-electron chi connectivity index (χ2n) is 7.34. The summed E-state index contributed by atoms with van der Waals surface area (Å²) in [5.74, 6) is 1.05. The molecule has 29 heavy (non-hydrogen) atoms. The first-order valence-corrected chi connectivity index (χ1v) is 10.4. The van der Waals surface area contributed by atoms with Gasteiger partial charge in [-0.1, -0.05) is 12.1 Å². The summed E-state index contributed by atoms with van der Waals surface area (Å²) < 4.78 is 2.02. The van der Waals surface area contributed by atoms with Crippen LogP contribution in [-0.2, 0) is 6.54 Å². The van der Waals surface area contributed by atoms with Crippen LogP contribution >= 0.6 is 24.0 Å². The molecule has 0 amide bonds. The van der Waals surface area contributed by atoms with Crippen LogP contribution in [0.3, 0.4) is 0 Å². The van der Waals surface area contributed by atoms with E-state index < -0.39 is 0 Å². The average molecular weight is 511 g/mol. The number of aromatic nitrogens is 3. The number of benzene rings is 1. The lowest BCUT2D eigenvalue weighted by Crippen LogP contribution is -2.52. The van der Waals surface area contributed by atoms with Crippen molar-refractivity contribution >= 4 is 35.6 Å². The molecule has 0 aliphatic carbocycles. The molecule has 1 aliphatic rings. The first kappa shape index (κ1) is 23.4. The maximum absolute atomic E-state index is 4.86. The smallest absolute Gasteiger partial charge is 0.194 e. The van der Waals surface area contributed by atoms with Gasteiger partial charge in [0.2, 0.25) is 0 Å². The van der Waals surface area contributed by atoms with Crippen LogP contribution in [0.4, 0.5) is 5.69 Å². The number of piperazine rings is 1. The summed E-state index contributed by atoms with van der Waals surface area (Å²) in [5, 5.41) is 11.1. The van der Waals surface area contributed by atoms with Gasteiger partial charge < -0.3 is 19.7 Å². The Labute approximate surface area is 191 Å². The van der Waals surface area contributed by atoms with Gasteiger partial charge in [0, 0.05) is 51.5 Å². The molecule has 0 saturated carbocycles. The number of nitrogens with zero attached hydrogens (tertiary/aromatic N) is 6. The molecule has 2 heterocycles. The first-order chi connectivity index (χ1) is 13.7. The second kappa shape index (κ2) is 12.0. The van der Waals surface area contributed by atoms with Crippen LogP contribution in [0, 0.1) is 13.8 Å². The fraction of sp³-hybridized carbons (Fsp3) is 0.571. The lowest BCUT2D eigenvalue weighted by Gasteiger charge is -2.38. The van der Waals surface area contributed by atoms with Gasteiger partial charge in [0.25, 0.3) is 0 Å². The van der Waals surface area contributed by atoms with Crippen LogP contribution in [0.5, 0.6) is 0 Å². The van der Waals surface area contributed by atoms with Crippen molar-refractivity contribution in [1.82, 2.24) is 25.0 Å². The van der Waals surface area contributed by atoms with Gasteiger partial charge in [-0.15, -0.1) is 34.2 Å². The minimum atomic E-state index is 0. The highest BCUT2D eigenvalue weighted by Crippen LogP contribution is 2.23. The zero-order chi connectivity index (χ0) is 19.8. The van der Waals surface area contributed by atoms with Gasteiger partial charge in [-0.05, 0) is 50.8 Å². The Hall–Kier alpha value is -1.84. The number of anilines is 1. The van der Waals surface area contributed by atoms with Gasteiger partial charge in [-0.2, -0.15) is 0 Å². The number of rotatable bonds is 7. The second-order valence-corrected chi connectivity index (χ2v) is 7.34. The fourth-order valence-corrected chi connectivity index (χ4v) is 3.59. The highest BCUT2D eigenvalue weighted by Gasteiger charge is 2.20. The summed E-state index contributed by atoms with van der Waals surface area (Å²) in [5.41, 5.74) is 4.13. The van der Waals surface area contributed by atoms with E-state index in [4.69, 9.17) is 4.99 Å². The summed E-state index contributed by atoms with van der Waals surface area (Å²) in [6.45, 7) is 13.3. The molecule has 3 rings (SSSR count). The fourth-order valence-electron chi connectivity index (χ4n) is 3.59. The van der Waals surface area contributed by atoms with Gasteiger partial charge in [0.05, 0.1) is 0 Å². The highest BCUT2D eigenvalue weighted by atomic mass is 127. The largest absolute Gasteiger partial charge is 0.368 e. The maximum atomic E-state index is 4.86. The minimum Gasteiger partial charge on any atom is -0.368 e. The summed E-state index contributed by atoms with van der Waals surface area (Å²) in [6.07, 6.45) is 5.68. The minimum absolute atomic E-state index is 0. The Morgan fingerprint density at radius 2 is 1.79 bits per heavy atom. The Morgan fingerprint density at radius 3 is 2.48 bits per heavy atom. The maximum Gasteiger partial charge on any atom is 0.194 e. The number of hydrogen-bond acceptors (Lipinski definition) is 4. The van der Waals surface area contributed by atoms with Gasteiger partial charge in [0.15, 0.2) is 5.96 Å². The lowest BCUT2D eigenvalue weighted by atomic mass is 10.1. The third kappa shape index (κ3) is 6.58. The van der Waals surface area contributed by atoms with Crippen LogP contribution < -0.4 is 10.2 Å². The normalized spacial score (nSPS) is 14.7. The molecule has 2 aromatic rings. The predicted octanol–water partition coefficient (Wildman–Crippen LogP) is 3.08. The van der Waals surface area contributed by atoms with Crippen LogP contribution in [0.25, 0.3) is 0 Å². The number of halogens is 1. The van der Waals surface area contributed by atoms with Crippen molar-refractivity contribution < 1.29 is 0 Å². The summed E-state index contributed by atoms with van der Waals surface area (Å²) >= 11 is 0. The Kier molecular flexibility index (Phi) is 9.69. The number of aliphatic imine (C=N–C) groups is 1. The lowest BCUT2D eigenvalue weighted by molar-refractivity contribution is 0.372. The molecule has 0 radical (unpaired) electrons. The molecule has 1 aliphatic heterocycles. The zero-order valence-corrected chi connectivity index (χ0v) is 20.2. The number of guanidine groups is 1. The van der Waals surface area contributed by atoms with Crippen molar-refractivity contribution in [2.24, 2.45) is 4.99 Å². The van der Waals surface area contributed by atoms with Gasteiger partial charge in [-0.25, -0.2) is 0 Å². The van der Waals surface area contributed by atoms with E-state index in [0.717, 1.165) is 64.6 Å². The van der Waals surface area contributed by atoms with E-state index in [9.17, 15) is 0 Å². The quantitative estimate of drug-likeness (QED) is 0.268. The van der Waals surface area contributed by atoms with Crippen LogP contribution in [-0.4, -0.2) is 64.9 Å². The van der Waals surface area contributed by atoms with Crippen molar-refractivity contribution in [2.45, 2.75) is 40.2 Å². The van der Waals surface area contributed by atoms with Crippen molar-refractivity contribution in [3.05, 3.63) is 42.0 Å². The van der Waals surface area contributed by atoms with E-state index in [2.05, 4.69) is 64.3 Å². The molecule has 1 fully saturated rings. The first-order valence-electron chi connectivity index (χ1n) is 10.4. The summed E-state index contributed by atoms with van der Waals surface area (Å²) in [7, 11) is 0. The van der Waals surface area contributed by atoms with E-state index in [1.54, 1.807) is 12.7 Å². The van der Waals surface area contributed by atoms with Crippen LogP contribution in [0.1, 0.15) is 30.9 Å². The number of nitrogens with one attached hydrogen (secondary N) is 1. The highest BCUT2D eigenvalue weighted by molar-refractivity contribution is 14.0. The van der Waals surface area contributed by atoms with E-state index >= 15 is 0 Å². The van der Waals surface area contributed by atoms with Crippen molar-refractivity contribution in [3.8, 4) is 0 Å². The summed E-state index contributed by atoms with van der Waals surface area (Å²) in [6, 6.07) is 6.59. The summed E-state index contributed by atoms with van der Waals surface area (Å²) in [4.78, 5) is 9.75. The Morgan fingerprint density at radius 1 is 1.07 bits per heavy atom. The third-order valence-corrected chi connectivity index (χ3v) is 5.38. The molecule has 8 heteroatoms. The topological polar surface area (TPSA) is 61.6 Å². The molecule has 1 N–H and O–H groups in total. The monoisotopic (exact) mass is 511 g/mol. The third-order valence-electron chi connectivity index (χ3n) is 5.38. The zero-order valence-electron chi connectivity index (χ0n) is 17.8. The molecular weight excluding hydrogens is 477 g/mol. The molecule has 160 valence electrons. The SMILES string of the molecule is CCNC(=NCCCCn1cnnc1)N1CCN(c2cccc(C)c2C)CC1.I. The van der Waals surface area contributed by atoms with E-state index in [1.165, 1.54) is 16.8 Å². The van der Waals surface area contributed by atoms with Crippen molar-refractivity contribution in [3.63, 3.8) is 0 Å². The average Bonchev–Trinajstić information content (AvgIpc) is 3.23. The van der Waals surface area contributed by atoms with E-state index in [0.29, 0.717) is 0 Å². The van der Waals surface area contributed by atoms with Gasteiger partial charge in [-0.3, -0.25) is 4.99 Å². The van der Waals surface area contributed by atoms with Gasteiger partial charge >= 0.3 is 0 Å². The van der Waals surface area contributed by atoms with Gasteiger partial charge in [0.1, 0.15) is 12.7 Å². The van der Waals surface area contributed by atoms with Crippen molar-refractivity contribution in [1.29, 1.82) is 0 Å². The number of hydrogen-bond donors (Lipinski definition) is 1.